The summed E-state index contributed by atoms with van der Waals surface area (Å²) in [5.74, 6) is 0.838. The van der Waals surface area contributed by atoms with E-state index in [9.17, 15) is 9.59 Å². The Hall–Kier alpha value is -3.37. The zero-order valence-corrected chi connectivity index (χ0v) is 20.9. The molecular weight excluding hydrogens is 472 g/mol. The summed E-state index contributed by atoms with van der Waals surface area (Å²) in [7, 11) is 1.51. The van der Waals surface area contributed by atoms with E-state index >= 15 is 0 Å². The molecule has 11 heteroatoms. The predicted molar refractivity (Wildman–Crippen MR) is 136 cm³/mol. The minimum atomic E-state index is -0.320. The number of benzene rings is 1. The van der Waals surface area contributed by atoms with Gasteiger partial charge in [-0.3, -0.25) is 9.59 Å². The number of nitrogens with one attached hydrogen (secondary N) is 2. The molecule has 2 N–H and O–H groups in total. The molecule has 0 spiro atoms. The van der Waals surface area contributed by atoms with Crippen molar-refractivity contribution in [3.05, 3.63) is 45.8 Å². The Balaban J connectivity index is 1.67. The molecule has 10 nitrogen and oxygen atoms in total. The van der Waals surface area contributed by atoms with Crippen LogP contribution in [0.4, 0.5) is 17.5 Å². The number of hydrogen-bond acceptors (Lipinski definition) is 8. The number of morpholine rings is 1. The summed E-state index contributed by atoms with van der Waals surface area (Å²) in [6, 6.07) is 7.14. The smallest absolute Gasteiger partial charge is 0.293 e. The monoisotopic (exact) mass is 500 g/mol. The summed E-state index contributed by atoms with van der Waals surface area (Å²) >= 11 is 6.40. The Morgan fingerprint density at radius 3 is 2.86 bits per heavy atom. The van der Waals surface area contributed by atoms with Crippen LogP contribution in [0.15, 0.2) is 35.3 Å². The number of hydrogen-bond donors (Lipinski definition) is 2. The summed E-state index contributed by atoms with van der Waals surface area (Å²) in [6.45, 7) is 7.62. The van der Waals surface area contributed by atoms with Crippen LogP contribution in [0.2, 0.25) is 5.02 Å². The highest BCUT2D eigenvalue weighted by Gasteiger charge is 2.20. The second kappa shape index (κ2) is 10.5. The molecule has 0 unspecified atom stereocenters. The minimum Gasteiger partial charge on any atom is -0.478 e. The molecule has 3 heterocycles. The minimum absolute atomic E-state index is 0.0956. The molecule has 3 aromatic rings. The van der Waals surface area contributed by atoms with E-state index in [0.717, 1.165) is 16.6 Å². The molecule has 1 saturated heterocycles. The average Bonchev–Trinajstić information content (AvgIpc) is 2.83. The van der Waals surface area contributed by atoms with Crippen LogP contribution >= 0.6 is 11.6 Å². The third kappa shape index (κ3) is 5.49. The Bertz CT molecular complexity index is 1290. The first-order chi connectivity index (χ1) is 16.8. The van der Waals surface area contributed by atoms with Crippen molar-refractivity contribution < 1.29 is 14.3 Å². The zero-order valence-electron chi connectivity index (χ0n) is 20.2. The van der Waals surface area contributed by atoms with Crippen molar-refractivity contribution in [3.63, 3.8) is 0 Å². The van der Waals surface area contributed by atoms with Gasteiger partial charge in [-0.15, -0.1) is 0 Å². The van der Waals surface area contributed by atoms with Crippen LogP contribution in [-0.4, -0.2) is 59.9 Å². The van der Waals surface area contributed by atoms with Crippen molar-refractivity contribution >= 4 is 45.9 Å². The topological polar surface area (TPSA) is 111 Å². The van der Waals surface area contributed by atoms with Crippen LogP contribution in [0, 0.1) is 0 Å². The van der Waals surface area contributed by atoms with Crippen LogP contribution in [0.5, 0.6) is 5.75 Å². The Morgan fingerprint density at radius 2 is 2.14 bits per heavy atom. The number of halogens is 1. The van der Waals surface area contributed by atoms with E-state index in [1.807, 2.05) is 39.0 Å². The SMILES string of the molecule is CNC(=O)COc1cc2cc(Nc3nc(N4CCO[C@@H](C)C4)ncc3Cl)ccc2n(C(C)C)c1=O. The number of fused-ring (bicyclic) bond motifs is 1. The van der Waals surface area contributed by atoms with Crippen molar-refractivity contribution in [1.29, 1.82) is 0 Å². The number of likely N-dealkylation sites (N-methyl/N-ethyl adjacent to an activating group) is 1. The van der Waals surface area contributed by atoms with E-state index in [0.29, 0.717) is 36.5 Å². The molecule has 1 atom stereocenters. The van der Waals surface area contributed by atoms with Crippen LogP contribution < -0.4 is 25.8 Å². The van der Waals surface area contributed by atoms with Gasteiger partial charge in [-0.2, -0.15) is 4.98 Å². The highest BCUT2D eigenvalue weighted by atomic mass is 35.5. The van der Waals surface area contributed by atoms with Crippen molar-refractivity contribution in [1.82, 2.24) is 19.9 Å². The molecule has 1 fully saturated rings. The summed E-state index contributed by atoms with van der Waals surface area (Å²) < 4.78 is 12.8. The second-order valence-electron chi connectivity index (χ2n) is 8.63. The Kier molecular flexibility index (Phi) is 7.42. The van der Waals surface area contributed by atoms with Gasteiger partial charge in [-0.1, -0.05) is 11.6 Å². The van der Waals surface area contributed by atoms with Gasteiger partial charge >= 0.3 is 0 Å². The fourth-order valence-electron chi connectivity index (χ4n) is 3.96. The number of aromatic nitrogens is 3. The fourth-order valence-corrected chi connectivity index (χ4v) is 4.10. The summed E-state index contributed by atoms with van der Waals surface area (Å²) in [5, 5.41) is 6.90. The first kappa shape index (κ1) is 24.7. The molecule has 186 valence electrons. The maximum absolute atomic E-state index is 13.0. The number of nitrogens with zero attached hydrogens (tertiary/aromatic N) is 4. The van der Waals surface area contributed by atoms with Crippen LogP contribution in [0.3, 0.4) is 0 Å². The third-order valence-corrected chi connectivity index (χ3v) is 5.95. The van der Waals surface area contributed by atoms with Gasteiger partial charge in [0.2, 0.25) is 5.95 Å². The fraction of sp³-hybridized carbons (Fsp3) is 0.417. The quantitative estimate of drug-likeness (QED) is 0.509. The standard InChI is InChI=1S/C24H29ClN6O4/c1-14(2)31-19-6-5-17(9-16(19)10-20(23(31)33)35-13-21(32)26-4)28-22-18(25)11-27-24(29-22)30-7-8-34-15(3)12-30/h5-6,9-11,14-15H,7-8,12-13H2,1-4H3,(H,26,32)(H,27,28,29)/t15-/m0/s1. The molecular formula is C24H29ClN6O4. The molecule has 4 rings (SSSR count). The number of pyridine rings is 1. The number of amides is 1. The van der Waals surface area contributed by atoms with Gasteiger partial charge in [0.1, 0.15) is 5.02 Å². The van der Waals surface area contributed by atoms with Crippen molar-refractivity contribution in [2.24, 2.45) is 0 Å². The molecule has 1 aliphatic heterocycles. The highest BCUT2D eigenvalue weighted by Crippen LogP contribution is 2.29. The summed E-state index contributed by atoms with van der Waals surface area (Å²) in [5.41, 5.74) is 1.19. The summed E-state index contributed by atoms with van der Waals surface area (Å²) in [4.78, 5) is 35.7. The van der Waals surface area contributed by atoms with Crippen LogP contribution in [0.25, 0.3) is 10.9 Å². The Labute approximate surface area is 208 Å². The maximum Gasteiger partial charge on any atom is 0.293 e. The molecule has 1 aromatic carbocycles. The molecule has 35 heavy (non-hydrogen) atoms. The molecule has 0 radical (unpaired) electrons. The number of ether oxygens (including phenoxy) is 2. The zero-order chi connectivity index (χ0) is 25.1. The number of anilines is 3. The van der Waals surface area contributed by atoms with E-state index in [1.54, 1.807) is 16.8 Å². The first-order valence-electron chi connectivity index (χ1n) is 11.5. The van der Waals surface area contributed by atoms with Gasteiger partial charge in [0.05, 0.1) is 24.4 Å². The highest BCUT2D eigenvalue weighted by molar-refractivity contribution is 6.32. The lowest BCUT2D eigenvalue weighted by molar-refractivity contribution is -0.122. The lowest BCUT2D eigenvalue weighted by atomic mass is 10.1. The predicted octanol–water partition coefficient (Wildman–Crippen LogP) is 3.12. The Morgan fingerprint density at radius 1 is 1.34 bits per heavy atom. The largest absolute Gasteiger partial charge is 0.478 e. The van der Waals surface area contributed by atoms with E-state index in [4.69, 9.17) is 21.1 Å². The van der Waals surface area contributed by atoms with E-state index < -0.39 is 0 Å². The molecule has 2 aromatic heterocycles. The molecule has 1 aliphatic rings. The average molecular weight is 501 g/mol. The van der Waals surface area contributed by atoms with Gasteiger partial charge < -0.3 is 29.6 Å². The van der Waals surface area contributed by atoms with Gasteiger partial charge in [-0.05, 0) is 45.0 Å². The van der Waals surface area contributed by atoms with E-state index in [2.05, 4.69) is 25.5 Å². The molecule has 0 saturated carbocycles. The van der Waals surface area contributed by atoms with Crippen LogP contribution in [0.1, 0.15) is 26.8 Å². The molecule has 0 aliphatic carbocycles. The number of carbonyl (C=O) groups is 1. The van der Waals surface area contributed by atoms with Crippen LogP contribution in [-0.2, 0) is 9.53 Å². The molecule has 1 amide bonds. The van der Waals surface area contributed by atoms with Crippen molar-refractivity contribution in [2.45, 2.75) is 32.9 Å². The van der Waals surface area contributed by atoms with Crippen molar-refractivity contribution in [2.75, 3.05) is 43.6 Å². The second-order valence-corrected chi connectivity index (χ2v) is 9.04. The van der Waals surface area contributed by atoms with Gasteiger partial charge in [-0.25, -0.2) is 4.98 Å². The van der Waals surface area contributed by atoms with E-state index in [1.165, 1.54) is 7.05 Å². The number of rotatable bonds is 7. The van der Waals surface area contributed by atoms with Gasteiger partial charge in [0, 0.05) is 37.3 Å². The normalized spacial score (nSPS) is 15.9. The lowest BCUT2D eigenvalue weighted by Gasteiger charge is -2.31. The molecule has 0 bridgehead atoms. The number of carbonyl (C=O) groups excluding carboxylic acids is 1. The van der Waals surface area contributed by atoms with Gasteiger partial charge in [0.15, 0.2) is 18.2 Å². The third-order valence-electron chi connectivity index (χ3n) is 5.68. The van der Waals surface area contributed by atoms with Gasteiger partial charge in [0.25, 0.3) is 11.5 Å². The van der Waals surface area contributed by atoms with E-state index in [-0.39, 0.29) is 36.0 Å². The first-order valence-corrected chi connectivity index (χ1v) is 11.8. The van der Waals surface area contributed by atoms with Crippen molar-refractivity contribution in [3.8, 4) is 5.75 Å². The maximum atomic E-state index is 13.0. The lowest BCUT2D eigenvalue weighted by Crippen LogP contribution is -2.42. The summed E-state index contributed by atoms with van der Waals surface area (Å²) in [6.07, 6.45) is 1.67.